The number of nitrogens with zero attached hydrogens (tertiary/aromatic N) is 1. The Labute approximate surface area is 148 Å². The lowest BCUT2D eigenvalue weighted by atomic mass is 10.1. The molecule has 0 aromatic heterocycles. The fourth-order valence-corrected chi connectivity index (χ4v) is 2.62. The second-order valence-electron chi connectivity index (χ2n) is 5.70. The molecule has 132 valence electrons. The van der Waals surface area contributed by atoms with Crippen molar-refractivity contribution in [1.82, 2.24) is 15.8 Å². The summed E-state index contributed by atoms with van der Waals surface area (Å²) >= 11 is 0. The normalized spacial score (nSPS) is 14.0. The molecule has 1 aliphatic heterocycles. The molecule has 2 aromatic carbocycles. The van der Waals surface area contributed by atoms with Gasteiger partial charge in [0.2, 0.25) is 0 Å². The van der Waals surface area contributed by atoms with Crippen LogP contribution in [0.25, 0.3) is 0 Å². The second kappa shape index (κ2) is 6.67. The van der Waals surface area contributed by atoms with E-state index in [2.05, 4.69) is 10.9 Å². The highest BCUT2D eigenvalue weighted by molar-refractivity contribution is 6.22. The SMILES string of the molecule is C[C@H](C(=O)NNC(=O)c1cccc(O)c1)N1C(=O)c2ccccc2C1=O. The van der Waals surface area contributed by atoms with E-state index >= 15 is 0 Å². The van der Waals surface area contributed by atoms with Crippen molar-refractivity contribution >= 4 is 23.6 Å². The van der Waals surface area contributed by atoms with Gasteiger partial charge >= 0.3 is 0 Å². The van der Waals surface area contributed by atoms with E-state index in [1.54, 1.807) is 12.1 Å². The van der Waals surface area contributed by atoms with Crippen LogP contribution in [0.2, 0.25) is 0 Å². The second-order valence-corrected chi connectivity index (χ2v) is 5.70. The number of rotatable bonds is 3. The molecule has 0 unspecified atom stereocenters. The van der Waals surface area contributed by atoms with Crippen LogP contribution < -0.4 is 10.9 Å². The third kappa shape index (κ3) is 3.00. The molecule has 3 rings (SSSR count). The Hall–Kier alpha value is -3.68. The number of carbonyl (C=O) groups excluding carboxylic acids is 4. The van der Waals surface area contributed by atoms with E-state index in [1.165, 1.54) is 43.3 Å². The van der Waals surface area contributed by atoms with Crippen LogP contribution in [0, 0.1) is 0 Å². The predicted octanol–water partition coefficient (Wildman–Crippen LogP) is 0.838. The van der Waals surface area contributed by atoms with Crippen LogP contribution in [-0.2, 0) is 4.79 Å². The van der Waals surface area contributed by atoms with Crippen LogP contribution in [0.5, 0.6) is 5.75 Å². The lowest BCUT2D eigenvalue weighted by Crippen LogP contribution is -2.52. The fourth-order valence-electron chi connectivity index (χ4n) is 2.62. The van der Waals surface area contributed by atoms with Crippen molar-refractivity contribution in [2.24, 2.45) is 0 Å². The number of hydrogen-bond acceptors (Lipinski definition) is 5. The number of hydrazine groups is 1. The number of phenols is 1. The largest absolute Gasteiger partial charge is 0.508 e. The molecule has 1 heterocycles. The van der Waals surface area contributed by atoms with E-state index in [4.69, 9.17) is 0 Å². The average molecular weight is 353 g/mol. The molecule has 3 N–H and O–H groups in total. The fraction of sp³-hybridized carbons (Fsp3) is 0.111. The minimum atomic E-state index is -1.12. The van der Waals surface area contributed by atoms with E-state index < -0.39 is 29.7 Å². The third-order valence-electron chi connectivity index (χ3n) is 4.00. The number of fused-ring (bicyclic) bond motifs is 1. The maximum absolute atomic E-state index is 12.4. The topological polar surface area (TPSA) is 116 Å². The molecule has 8 heteroatoms. The number of imide groups is 1. The number of phenolic OH excluding ortho intramolecular Hbond substituents is 1. The first kappa shape index (κ1) is 17.2. The Morgan fingerprint density at radius 3 is 2.15 bits per heavy atom. The molecule has 0 saturated heterocycles. The van der Waals surface area contributed by atoms with Crippen LogP contribution >= 0.6 is 0 Å². The summed E-state index contributed by atoms with van der Waals surface area (Å²) in [5.41, 5.74) is 4.97. The Balaban J connectivity index is 1.66. The molecule has 0 saturated carbocycles. The van der Waals surface area contributed by atoms with E-state index in [0.29, 0.717) is 0 Å². The van der Waals surface area contributed by atoms with Gasteiger partial charge in [0.25, 0.3) is 23.6 Å². The summed E-state index contributed by atoms with van der Waals surface area (Å²) in [6, 6.07) is 10.7. The summed E-state index contributed by atoms with van der Waals surface area (Å²) in [5, 5.41) is 9.37. The first-order valence-corrected chi connectivity index (χ1v) is 7.76. The Morgan fingerprint density at radius 2 is 1.58 bits per heavy atom. The maximum atomic E-state index is 12.4. The van der Waals surface area contributed by atoms with Gasteiger partial charge in [-0.1, -0.05) is 18.2 Å². The molecule has 26 heavy (non-hydrogen) atoms. The van der Waals surface area contributed by atoms with Crippen molar-refractivity contribution in [3.8, 4) is 5.75 Å². The lowest BCUT2D eigenvalue weighted by Gasteiger charge is -2.21. The molecule has 1 atom stereocenters. The van der Waals surface area contributed by atoms with Gasteiger partial charge in [-0.15, -0.1) is 0 Å². The van der Waals surface area contributed by atoms with E-state index in [9.17, 15) is 24.3 Å². The number of hydrogen-bond donors (Lipinski definition) is 3. The van der Waals surface area contributed by atoms with Crippen LogP contribution in [0.15, 0.2) is 48.5 Å². The van der Waals surface area contributed by atoms with Gasteiger partial charge in [0.05, 0.1) is 11.1 Å². The van der Waals surface area contributed by atoms with Crippen molar-refractivity contribution in [3.05, 3.63) is 65.2 Å². The van der Waals surface area contributed by atoms with Gasteiger partial charge in [0.15, 0.2) is 0 Å². The zero-order chi connectivity index (χ0) is 18.8. The minimum Gasteiger partial charge on any atom is -0.508 e. The van der Waals surface area contributed by atoms with Gasteiger partial charge < -0.3 is 5.11 Å². The lowest BCUT2D eigenvalue weighted by molar-refractivity contribution is -0.125. The number of aromatic hydroxyl groups is 1. The van der Waals surface area contributed by atoms with Gasteiger partial charge in [-0.2, -0.15) is 0 Å². The molecule has 0 fully saturated rings. The van der Waals surface area contributed by atoms with Crippen molar-refractivity contribution in [1.29, 1.82) is 0 Å². The number of amides is 4. The van der Waals surface area contributed by atoms with E-state index in [0.717, 1.165) is 4.90 Å². The van der Waals surface area contributed by atoms with Gasteiger partial charge in [0, 0.05) is 5.56 Å². The summed E-state index contributed by atoms with van der Waals surface area (Å²) < 4.78 is 0. The van der Waals surface area contributed by atoms with Gasteiger partial charge in [-0.25, -0.2) is 0 Å². The molecule has 0 aliphatic carbocycles. The van der Waals surface area contributed by atoms with Crippen molar-refractivity contribution in [3.63, 3.8) is 0 Å². The molecule has 8 nitrogen and oxygen atoms in total. The highest BCUT2D eigenvalue weighted by atomic mass is 16.3. The van der Waals surface area contributed by atoms with Crippen molar-refractivity contribution in [2.75, 3.05) is 0 Å². The average Bonchev–Trinajstić information content (AvgIpc) is 2.90. The van der Waals surface area contributed by atoms with Crippen LogP contribution in [0.4, 0.5) is 0 Å². The standard InChI is InChI=1S/C18H15N3O5/c1-10(21-17(25)13-7-2-3-8-14(13)18(21)26)15(23)19-20-16(24)11-5-4-6-12(22)9-11/h2-10,22H,1H3,(H,19,23)(H,20,24)/t10-/m1/s1. The summed E-state index contributed by atoms with van der Waals surface area (Å²) in [6.07, 6.45) is 0. The van der Waals surface area contributed by atoms with Crippen LogP contribution in [-0.4, -0.2) is 39.7 Å². The molecule has 0 bridgehead atoms. The van der Waals surface area contributed by atoms with Crippen molar-refractivity contribution in [2.45, 2.75) is 13.0 Å². The number of nitrogens with one attached hydrogen (secondary N) is 2. The minimum absolute atomic E-state index is 0.0941. The molecular formula is C18H15N3O5. The highest BCUT2D eigenvalue weighted by Gasteiger charge is 2.40. The summed E-state index contributed by atoms with van der Waals surface area (Å²) in [5.74, 6) is -2.60. The Morgan fingerprint density at radius 1 is 0.962 bits per heavy atom. The van der Waals surface area contributed by atoms with Gasteiger partial charge in [0.1, 0.15) is 11.8 Å². The molecular weight excluding hydrogens is 338 g/mol. The predicted molar refractivity (Wildman–Crippen MR) is 90.1 cm³/mol. The third-order valence-corrected chi connectivity index (χ3v) is 4.00. The molecule has 0 radical (unpaired) electrons. The van der Waals surface area contributed by atoms with Gasteiger partial charge in [-0.05, 0) is 37.3 Å². The molecule has 4 amide bonds. The molecule has 2 aromatic rings. The number of benzene rings is 2. The smallest absolute Gasteiger partial charge is 0.269 e. The van der Waals surface area contributed by atoms with Crippen molar-refractivity contribution < 1.29 is 24.3 Å². The number of carbonyl (C=O) groups is 4. The Bertz CT molecular complexity index is 890. The summed E-state index contributed by atoms with van der Waals surface area (Å²) in [4.78, 5) is 49.8. The van der Waals surface area contributed by atoms with Crippen LogP contribution in [0.3, 0.4) is 0 Å². The van der Waals surface area contributed by atoms with E-state index in [1.807, 2.05) is 0 Å². The van der Waals surface area contributed by atoms with Crippen LogP contribution in [0.1, 0.15) is 38.0 Å². The summed E-state index contributed by atoms with van der Waals surface area (Å²) in [6.45, 7) is 1.39. The first-order chi connectivity index (χ1) is 12.4. The molecule has 0 spiro atoms. The zero-order valence-corrected chi connectivity index (χ0v) is 13.7. The van der Waals surface area contributed by atoms with Gasteiger partial charge in [-0.3, -0.25) is 34.9 Å². The first-order valence-electron chi connectivity index (χ1n) is 7.76. The Kier molecular flexibility index (Phi) is 4.40. The quantitative estimate of drug-likeness (QED) is 0.558. The summed E-state index contributed by atoms with van der Waals surface area (Å²) in [7, 11) is 0. The van der Waals surface area contributed by atoms with E-state index in [-0.39, 0.29) is 22.4 Å². The maximum Gasteiger partial charge on any atom is 0.269 e. The molecule has 1 aliphatic rings. The highest BCUT2D eigenvalue weighted by Crippen LogP contribution is 2.24. The monoisotopic (exact) mass is 353 g/mol. The zero-order valence-electron chi connectivity index (χ0n) is 13.7.